The van der Waals surface area contributed by atoms with Crippen molar-refractivity contribution in [2.75, 3.05) is 31.5 Å². The number of aromatic nitrogens is 1. The number of nitrogens with one attached hydrogen (secondary N) is 2. The predicted molar refractivity (Wildman–Crippen MR) is 118 cm³/mol. The Balaban J connectivity index is 1.22. The van der Waals surface area contributed by atoms with E-state index in [-0.39, 0.29) is 11.4 Å². The first-order valence-corrected chi connectivity index (χ1v) is 10.5. The third-order valence-electron chi connectivity index (χ3n) is 5.95. The largest absolute Gasteiger partial charge is 0.406 e. The van der Waals surface area contributed by atoms with Crippen LogP contribution in [-0.2, 0) is 14.9 Å². The zero-order valence-electron chi connectivity index (χ0n) is 17.1. The van der Waals surface area contributed by atoms with Crippen LogP contribution in [0.4, 0.5) is 5.82 Å². The number of carbonyl (C=O) groups excluding carboxylic acids is 1. The van der Waals surface area contributed by atoms with Crippen molar-refractivity contribution in [1.82, 2.24) is 14.8 Å². The molecule has 0 amide bonds. The normalized spacial score (nSPS) is 21.0. The topological polar surface area (TPSA) is 93.9 Å². The lowest BCUT2D eigenvalue weighted by atomic mass is 9.96. The maximum atomic E-state index is 12.4. The third-order valence-corrected chi connectivity index (χ3v) is 5.95. The number of pyridine rings is 1. The van der Waals surface area contributed by atoms with Crippen molar-refractivity contribution in [3.05, 3.63) is 72.2 Å². The standard InChI is InChI=1S/C23H24N6O2/c24-22(27-19-8-4-5-11-25-19)29-14-12-28(13-15-29)16-18-20(30)31-21(26-18)23(9-10-23)17-6-2-1-3-7-17/h1-8,11,16H,9-10,12-15H2,(H2,24,25,27)/b18-16+. The molecule has 31 heavy (non-hydrogen) atoms. The third kappa shape index (κ3) is 3.88. The molecule has 3 aliphatic rings. The monoisotopic (exact) mass is 416 g/mol. The van der Waals surface area contributed by atoms with Gasteiger partial charge < -0.3 is 19.9 Å². The second kappa shape index (κ2) is 7.86. The van der Waals surface area contributed by atoms with Crippen molar-refractivity contribution in [2.24, 2.45) is 4.99 Å². The van der Waals surface area contributed by atoms with Crippen LogP contribution in [0.1, 0.15) is 18.4 Å². The number of nitrogens with zero attached hydrogens (tertiary/aromatic N) is 4. The van der Waals surface area contributed by atoms with Gasteiger partial charge in [0.1, 0.15) is 5.82 Å². The summed E-state index contributed by atoms with van der Waals surface area (Å²) in [6.45, 7) is 2.72. The summed E-state index contributed by atoms with van der Waals surface area (Å²) in [5.41, 5.74) is 1.25. The van der Waals surface area contributed by atoms with E-state index in [0.29, 0.717) is 49.6 Å². The summed E-state index contributed by atoms with van der Waals surface area (Å²) >= 11 is 0. The number of anilines is 1. The van der Waals surface area contributed by atoms with Gasteiger partial charge in [0, 0.05) is 38.6 Å². The van der Waals surface area contributed by atoms with Crippen molar-refractivity contribution in [2.45, 2.75) is 18.3 Å². The van der Waals surface area contributed by atoms with Gasteiger partial charge in [-0.2, -0.15) is 0 Å². The van der Waals surface area contributed by atoms with E-state index in [1.807, 2.05) is 41.3 Å². The first-order valence-electron chi connectivity index (χ1n) is 10.5. The summed E-state index contributed by atoms with van der Waals surface area (Å²) in [6.07, 6.45) is 5.38. The number of rotatable bonds is 4. The Morgan fingerprint density at radius 1 is 1.06 bits per heavy atom. The number of hydrogen-bond acceptors (Lipinski definition) is 6. The quantitative estimate of drug-likeness (QED) is 0.344. The highest BCUT2D eigenvalue weighted by Gasteiger charge is 2.53. The minimum absolute atomic E-state index is 0.253. The Kier molecular flexibility index (Phi) is 4.89. The highest BCUT2D eigenvalue weighted by atomic mass is 16.6. The molecular formula is C23H24N6O2. The van der Waals surface area contributed by atoms with Crippen molar-refractivity contribution < 1.29 is 9.53 Å². The predicted octanol–water partition coefficient (Wildman–Crippen LogP) is 2.57. The molecule has 1 aromatic heterocycles. The van der Waals surface area contributed by atoms with Crippen molar-refractivity contribution in [3.8, 4) is 0 Å². The second-order valence-corrected chi connectivity index (χ2v) is 7.98. The van der Waals surface area contributed by atoms with E-state index in [0.717, 1.165) is 18.4 Å². The molecule has 0 unspecified atom stereocenters. The van der Waals surface area contributed by atoms with Crippen LogP contribution in [0.25, 0.3) is 0 Å². The maximum absolute atomic E-state index is 12.4. The number of hydrogen-bond donors (Lipinski definition) is 2. The van der Waals surface area contributed by atoms with E-state index in [1.165, 1.54) is 0 Å². The van der Waals surface area contributed by atoms with E-state index in [2.05, 4.69) is 32.3 Å². The lowest BCUT2D eigenvalue weighted by Gasteiger charge is -2.35. The first kappa shape index (κ1) is 19.3. The van der Waals surface area contributed by atoms with Gasteiger partial charge in [0.2, 0.25) is 5.90 Å². The van der Waals surface area contributed by atoms with Crippen LogP contribution in [0.5, 0.6) is 0 Å². The molecular weight excluding hydrogens is 392 g/mol. The molecule has 2 N–H and O–H groups in total. The molecule has 0 spiro atoms. The van der Waals surface area contributed by atoms with Crippen LogP contribution in [0.3, 0.4) is 0 Å². The molecule has 5 rings (SSSR count). The number of guanidine groups is 1. The van der Waals surface area contributed by atoms with E-state index in [1.54, 1.807) is 12.4 Å². The molecule has 0 atom stereocenters. The lowest BCUT2D eigenvalue weighted by molar-refractivity contribution is -0.130. The first-order chi connectivity index (χ1) is 15.1. The van der Waals surface area contributed by atoms with E-state index < -0.39 is 0 Å². The lowest BCUT2D eigenvalue weighted by Crippen LogP contribution is -2.48. The van der Waals surface area contributed by atoms with Gasteiger partial charge in [-0.1, -0.05) is 36.4 Å². The fourth-order valence-corrected chi connectivity index (χ4v) is 4.00. The van der Waals surface area contributed by atoms with E-state index >= 15 is 0 Å². The van der Waals surface area contributed by atoms with Gasteiger partial charge in [0.25, 0.3) is 0 Å². The molecule has 158 valence electrons. The number of benzene rings is 1. The molecule has 8 heteroatoms. The smallest absolute Gasteiger partial charge is 0.365 e. The van der Waals surface area contributed by atoms with Gasteiger partial charge in [-0.25, -0.2) is 14.8 Å². The van der Waals surface area contributed by atoms with Crippen LogP contribution in [0, 0.1) is 5.41 Å². The Morgan fingerprint density at radius 2 is 1.81 bits per heavy atom. The minimum Gasteiger partial charge on any atom is -0.406 e. The molecule has 8 nitrogen and oxygen atoms in total. The van der Waals surface area contributed by atoms with Crippen LogP contribution in [-0.4, -0.2) is 58.8 Å². The zero-order valence-corrected chi connectivity index (χ0v) is 17.1. The highest BCUT2D eigenvalue weighted by Crippen LogP contribution is 2.51. The summed E-state index contributed by atoms with van der Waals surface area (Å²) in [6, 6.07) is 15.7. The molecule has 1 saturated heterocycles. The van der Waals surface area contributed by atoms with E-state index in [9.17, 15) is 4.79 Å². The molecule has 1 aromatic carbocycles. The number of esters is 1. The fraction of sp³-hybridized carbons (Fsp3) is 0.304. The Morgan fingerprint density at radius 3 is 2.48 bits per heavy atom. The minimum atomic E-state index is -0.385. The summed E-state index contributed by atoms with van der Waals surface area (Å²) in [7, 11) is 0. The number of aliphatic imine (C=N–C) groups is 1. The SMILES string of the molecule is N=C(Nc1ccccn1)N1CCN(/C=C2/N=C(C3(c4ccccc4)CC3)OC2=O)CC1. The molecule has 2 fully saturated rings. The Labute approximate surface area is 180 Å². The number of cyclic esters (lactones) is 1. The molecule has 1 saturated carbocycles. The number of carbonyl (C=O) groups is 1. The second-order valence-electron chi connectivity index (χ2n) is 7.98. The molecule has 2 aliphatic heterocycles. The average Bonchev–Trinajstić information content (AvgIpc) is 3.54. The number of ether oxygens (including phenoxy) is 1. The summed E-state index contributed by atoms with van der Waals surface area (Å²) in [5.74, 6) is 1.12. The fourth-order valence-electron chi connectivity index (χ4n) is 4.00. The molecule has 1 aliphatic carbocycles. The Hall–Kier alpha value is -3.68. The zero-order chi connectivity index (χ0) is 21.3. The van der Waals surface area contributed by atoms with Gasteiger partial charge in [-0.3, -0.25) is 5.41 Å². The van der Waals surface area contributed by atoms with Gasteiger partial charge in [-0.15, -0.1) is 0 Å². The molecule has 3 heterocycles. The summed E-state index contributed by atoms with van der Waals surface area (Å²) in [4.78, 5) is 25.2. The summed E-state index contributed by atoms with van der Waals surface area (Å²) < 4.78 is 5.58. The van der Waals surface area contributed by atoms with Crippen molar-refractivity contribution >= 4 is 23.6 Å². The van der Waals surface area contributed by atoms with Crippen LogP contribution >= 0.6 is 0 Å². The Bertz CT molecular complexity index is 1040. The van der Waals surface area contributed by atoms with Crippen molar-refractivity contribution in [1.29, 1.82) is 5.41 Å². The average molecular weight is 416 g/mol. The maximum Gasteiger partial charge on any atom is 0.365 e. The van der Waals surface area contributed by atoms with Crippen LogP contribution < -0.4 is 5.32 Å². The van der Waals surface area contributed by atoms with Gasteiger partial charge >= 0.3 is 5.97 Å². The van der Waals surface area contributed by atoms with Gasteiger partial charge in [0.15, 0.2) is 11.7 Å². The molecule has 2 aromatic rings. The van der Waals surface area contributed by atoms with Crippen molar-refractivity contribution in [3.63, 3.8) is 0 Å². The highest BCUT2D eigenvalue weighted by molar-refractivity contribution is 6.09. The molecule has 0 radical (unpaired) electrons. The molecule has 0 bridgehead atoms. The van der Waals surface area contributed by atoms with E-state index in [4.69, 9.17) is 10.1 Å². The van der Waals surface area contributed by atoms with Crippen LogP contribution in [0.15, 0.2) is 71.6 Å². The number of piperazine rings is 1. The summed E-state index contributed by atoms with van der Waals surface area (Å²) in [5, 5.41) is 11.3. The van der Waals surface area contributed by atoms with Crippen LogP contribution in [0.2, 0.25) is 0 Å². The van der Waals surface area contributed by atoms with Gasteiger partial charge in [-0.05, 0) is 30.5 Å². The van der Waals surface area contributed by atoms with Gasteiger partial charge in [0.05, 0.1) is 5.41 Å².